The summed E-state index contributed by atoms with van der Waals surface area (Å²) in [5.74, 6) is -3.82. The first-order chi connectivity index (χ1) is 8.79. The number of aliphatic carboxylic acids is 1. The maximum absolute atomic E-state index is 13.6. The van der Waals surface area contributed by atoms with E-state index in [1.54, 1.807) is 0 Å². The first kappa shape index (κ1) is 13.5. The molecule has 5 nitrogen and oxygen atoms in total. The van der Waals surface area contributed by atoms with Crippen LogP contribution in [0.2, 0.25) is 0 Å². The summed E-state index contributed by atoms with van der Waals surface area (Å²) in [6, 6.07) is 1.28. The average Bonchev–Trinajstić information content (AvgIpc) is 2.73. The van der Waals surface area contributed by atoms with Gasteiger partial charge in [-0.05, 0) is 24.1 Å². The van der Waals surface area contributed by atoms with Gasteiger partial charge in [0.1, 0.15) is 6.04 Å². The van der Waals surface area contributed by atoms with Crippen LogP contribution in [0.1, 0.15) is 18.1 Å². The van der Waals surface area contributed by atoms with Crippen molar-refractivity contribution in [2.75, 3.05) is 6.79 Å². The first-order valence-corrected chi connectivity index (χ1v) is 5.58. The summed E-state index contributed by atoms with van der Waals surface area (Å²) in [6.45, 7) is 0.693. The second-order valence-corrected chi connectivity index (χ2v) is 4.40. The van der Waals surface area contributed by atoms with E-state index in [0.29, 0.717) is 5.75 Å². The number of fused-ring (bicyclic) bond motifs is 1. The second kappa shape index (κ2) is 4.65. The van der Waals surface area contributed by atoms with Gasteiger partial charge in [-0.2, -0.15) is 0 Å². The van der Waals surface area contributed by atoms with E-state index in [9.17, 15) is 13.6 Å². The van der Waals surface area contributed by atoms with Crippen molar-refractivity contribution in [3.63, 3.8) is 0 Å². The van der Waals surface area contributed by atoms with Crippen molar-refractivity contribution in [2.24, 2.45) is 5.73 Å². The lowest BCUT2D eigenvalue weighted by Crippen LogP contribution is -2.33. The Kier molecular flexibility index (Phi) is 3.32. The van der Waals surface area contributed by atoms with Crippen LogP contribution in [-0.2, 0) is 17.1 Å². The van der Waals surface area contributed by atoms with E-state index >= 15 is 0 Å². The molecule has 0 radical (unpaired) electrons. The van der Waals surface area contributed by atoms with Gasteiger partial charge in [0.15, 0.2) is 11.5 Å². The molecule has 1 atom stereocenters. The number of alkyl halides is 2. The summed E-state index contributed by atoms with van der Waals surface area (Å²) < 4.78 is 37.2. The zero-order chi connectivity index (χ0) is 14.2. The Balaban J connectivity index is 2.43. The number of hydrogen-bond acceptors (Lipinski definition) is 4. The van der Waals surface area contributed by atoms with E-state index in [2.05, 4.69) is 0 Å². The van der Waals surface area contributed by atoms with Crippen molar-refractivity contribution in [3.05, 3.63) is 23.3 Å². The van der Waals surface area contributed by atoms with Gasteiger partial charge < -0.3 is 20.3 Å². The van der Waals surface area contributed by atoms with Crippen molar-refractivity contribution < 1.29 is 28.2 Å². The highest BCUT2D eigenvalue weighted by Crippen LogP contribution is 2.40. The van der Waals surface area contributed by atoms with Crippen molar-refractivity contribution >= 4 is 5.97 Å². The fourth-order valence-corrected chi connectivity index (χ4v) is 1.89. The van der Waals surface area contributed by atoms with Crippen LogP contribution in [0.15, 0.2) is 12.1 Å². The SMILES string of the molecule is CC(F)(F)c1cc2c(cc1CC(N)C(=O)O)OCO2. The molecule has 104 valence electrons. The Morgan fingerprint density at radius 1 is 1.47 bits per heavy atom. The van der Waals surface area contributed by atoms with E-state index in [0.717, 1.165) is 6.92 Å². The zero-order valence-corrected chi connectivity index (χ0v) is 10.2. The van der Waals surface area contributed by atoms with Gasteiger partial charge in [-0.15, -0.1) is 0 Å². The molecule has 0 fully saturated rings. The van der Waals surface area contributed by atoms with Crippen LogP contribution >= 0.6 is 0 Å². The van der Waals surface area contributed by atoms with Gasteiger partial charge in [-0.3, -0.25) is 4.79 Å². The minimum atomic E-state index is -3.12. The van der Waals surface area contributed by atoms with E-state index in [4.69, 9.17) is 20.3 Å². The summed E-state index contributed by atoms with van der Waals surface area (Å²) in [5, 5.41) is 8.76. The van der Waals surface area contributed by atoms with E-state index in [1.165, 1.54) is 12.1 Å². The lowest BCUT2D eigenvalue weighted by Gasteiger charge is -2.18. The molecule has 1 aliphatic heterocycles. The Morgan fingerprint density at radius 2 is 2.05 bits per heavy atom. The number of carbonyl (C=O) groups is 1. The summed E-state index contributed by atoms with van der Waals surface area (Å²) in [5.41, 5.74) is 5.24. The number of carboxylic acids is 1. The molecule has 19 heavy (non-hydrogen) atoms. The Hall–Kier alpha value is -1.89. The number of halogens is 2. The van der Waals surface area contributed by atoms with Gasteiger partial charge in [-0.1, -0.05) is 0 Å². The molecule has 1 aliphatic rings. The molecule has 0 aromatic heterocycles. The third-order valence-corrected chi connectivity index (χ3v) is 2.83. The van der Waals surface area contributed by atoms with E-state index in [1.807, 2.05) is 0 Å². The molecular formula is C12H13F2NO4. The van der Waals surface area contributed by atoms with Crippen LogP contribution in [0, 0.1) is 0 Å². The molecule has 0 saturated heterocycles. The molecule has 3 N–H and O–H groups in total. The van der Waals surface area contributed by atoms with Gasteiger partial charge in [-0.25, -0.2) is 8.78 Å². The number of ether oxygens (including phenoxy) is 2. The van der Waals surface area contributed by atoms with Crippen LogP contribution in [0.5, 0.6) is 11.5 Å². The highest BCUT2D eigenvalue weighted by Gasteiger charge is 2.32. The number of nitrogens with two attached hydrogens (primary N) is 1. The topological polar surface area (TPSA) is 81.8 Å². The predicted octanol–water partition coefficient (Wildman–Crippen LogP) is 1.48. The van der Waals surface area contributed by atoms with Crippen molar-refractivity contribution in [2.45, 2.75) is 25.3 Å². The monoisotopic (exact) mass is 273 g/mol. The van der Waals surface area contributed by atoms with Gasteiger partial charge in [0.05, 0.1) is 0 Å². The quantitative estimate of drug-likeness (QED) is 0.868. The molecule has 1 heterocycles. The smallest absolute Gasteiger partial charge is 0.320 e. The molecule has 1 unspecified atom stereocenters. The second-order valence-electron chi connectivity index (χ2n) is 4.40. The first-order valence-electron chi connectivity index (χ1n) is 5.58. The molecule has 0 amide bonds. The van der Waals surface area contributed by atoms with Crippen LogP contribution in [0.3, 0.4) is 0 Å². The summed E-state index contributed by atoms with van der Waals surface area (Å²) in [7, 11) is 0. The Bertz CT molecular complexity index is 513. The highest BCUT2D eigenvalue weighted by molar-refractivity contribution is 5.73. The summed E-state index contributed by atoms with van der Waals surface area (Å²) in [6.07, 6.45) is -0.204. The molecule has 2 rings (SSSR count). The molecule has 1 aromatic rings. The van der Waals surface area contributed by atoms with Gasteiger partial charge in [0, 0.05) is 12.5 Å². The molecule has 0 saturated carbocycles. The minimum Gasteiger partial charge on any atom is -0.480 e. The predicted molar refractivity (Wildman–Crippen MR) is 61.4 cm³/mol. The van der Waals surface area contributed by atoms with Gasteiger partial charge >= 0.3 is 5.97 Å². The maximum Gasteiger partial charge on any atom is 0.320 e. The van der Waals surface area contributed by atoms with Crippen LogP contribution in [0.4, 0.5) is 8.78 Å². The van der Waals surface area contributed by atoms with Gasteiger partial charge in [0.2, 0.25) is 6.79 Å². The largest absolute Gasteiger partial charge is 0.480 e. The number of carboxylic acid groups (broad SMARTS) is 1. The lowest BCUT2D eigenvalue weighted by molar-refractivity contribution is -0.138. The standard InChI is InChI=1S/C12H13F2NO4/c1-12(13,14)7-4-10-9(18-5-19-10)3-6(7)2-8(15)11(16)17/h3-4,8H,2,5,15H2,1H3,(H,16,17). The molecule has 0 aliphatic carbocycles. The molecular weight excluding hydrogens is 260 g/mol. The fraction of sp³-hybridized carbons (Fsp3) is 0.417. The number of benzene rings is 1. The Morgan fingerprint density at radius 3 is 2.58 bits per heavy atom. The van der Waals surface area contributed by atoms with E-state index in [-0.39, 0.29) is 30.1 Å². The van der Waals surface area contributed by atoms with E-state index < -0.39 is 17.9 Å². The lowest BCUT2D eigenvalue weighted by atomic mass is 9.96. The number of hydrogen-bond donors (Lipinski definition) is 2. The van der Waals surface area contributed by atoms with Crippen molar-refractivity contribution in [1.29, 1.82) is 0 Å². The Labute approximate surface area is 107 Å². The average molecular weight is 273 g/mol. The molecule has 0 bridgehead atoms. The molecule has 7 heteroatoms. The minimum absolute atomic E-state index is 0.0432. The summed E-state index contributed by atoms with van der Waals surface area (Å²) in [4.78, 5) is 10.7. The molecule has 1 aromatic carbocycles. The van der Waals surface area contributed by atoms with Gasteiger partial charge in [0.25, 0.3) is 5.92 Å². The fourth-order valence-electron chi connectivity index (χ4n) is 1.89. The normalized spacial score (nSPS) is 15.4. The van der Waals surface area contributed by atoms with Crippen LogP contribution < -0.4 is 15.2 Å². The third kappa shape index (κ3) is 2.76. The molecule has 0 spiro atoms. The highest BCUT2D eigenvalue weighted by atomic mass is 19.3. The zero-order valence-electron chi connectivity index (χ0n) is 10.2. The van der Waals surface area contributed by atoms with Crippen LogP contribution in [0.25, 0.3) is 0 Å². The van der Waals surface area contributed by atoms with Crippen molar-refractivity contribution in [3.8, 4) is 11.5 Å². The van der Waals surface area contributed by atoms with Crippen molar-refractivity contribution in [1.82, 2.24) is 0 Å². The third-order valence-electron chi connectivity index (χ3n) is 2.83. The maximum atomic E-state index is 13.6. The summed E-state index contributed by atoms with van der Waals surface area (Å²) >= 11 is 0. The van der Waals surface area contributed by atoms with Crippen LogP contribution in [-0.4, -0.2) is 23.9 Å². The number of rotatable bonds is 4.